The van der Waals surface area contributed by atoms with Crippen LogP contribution in [0.25, 0.3) is 10.9 Å². The summed E-state index contributed by atoms with van der Waals surface area (Å²) in [7, 11) is 0. The highest BCUT2D eigenvalue weighted by atomic mass is 79.9. The van der Waals surface area contributed by atoms with Crippen molar-refractivity contribution in [3.8, 4) is 0 Å². The first-order chi connectivity index (χ1) is 7.52. The van der Waals surface area contributed by atoms with Crippen molar-refractivity contribution in [2.75, 3.05) is 0 Å². The summed E-state index contributed by atoms with van der Waals surface area (Å²) in [5.41, 5.74) is 1.41. The molecule has 0 amide bonds. The molecule has 0 fully saturated rings. The van der Waals surface area contributed by atoms with E-state index in [1.807, 2.05) is 6.92 Å². The zero-order valence-corrected chi connectivity index (χ0v) is 10.5. The monoisotopic (exact) mass is 300 g/mol. The fourth-order valence-corrected chi connectivity index (χ4v) is 2.06. The molecule has 82 valence electrons. The van der Waals surface area contributed by atoms with Crippen LogP contribution in [0.3, 0.4) is 0 Å². The summed E-state index contributed by atoms with van der Waals surface area (Å²) < 4.78 is 0.900. The fraction of sp³-hybridized carbons (Fsp3) is 0.100. The van der Waals surface area contributed by atoms with E-state index in [0.29, 0.717) is 10.9 Å². The van der Waals surface area contributed by atoms with Gasteiger partial charge in [0.25, 0.3) is 0 Å². The van der Waals surface area contributed by atoms with Gasteiger partial charge in [0, 0.05) is 9.86 Å². The van der Waals surface area contributed by atoms with Crippen LogP contribution in [0.4, 0.5) is 5.69 Å². The Kier molecular flexibility index (Phi) is 2.82. The van der Waals surface area contributed by atoms with E-state index in [0.717, 1.165) is 10.0 Å². The Hall–Kier alpha value is -1.20. The van der Waals surface area contributed by atoms with Crippen molar-refractivity contribution in [2.45, 2.75) is 6.92 Å². The van der Waals surface area contributed by atoms with Gasteiger partial charge in [-0.05, 0) is 24.6 Å². The molecule has 2 aromatic rings. The van der Waals surface area contributed by atoms with Gasteiger partial charge >= 0.3 is 5.69 Å². The second-order valence-electron chi connectivity index (χ2n) is 3.28. The first-order valence-corrected chi connectivity index (χ1v) is 5.57. The summed E-state index contributed by atoms with van der Waals surface area (Å²) in [4.78, 5) is 14.2. The second-order valence-corrected chi connectivity index (χ2v) is 4.52. The van der Waals surface area contributed by atoms with Crippen LogP contribution >= 0.6 is 27.5 Å². The molecule has 0 radical (unpaired) electrons. The third-order valence-corrected chi connectivity index (χ3v) is 3.60. The lowest BCUT2D eigenvalue weighted by Crippen LogP contribution is -1.93. The largest absolute Gasteiger partial charge is 0.306 e. The van der Waals surface area contributed by atoms with Crippen LogP contribution in [0.15, 0.2) is 22.8 Å². The van der Waals surface area contributed by atoms with Crippen molar-refractivity contribution in [1.82, 2.24) is 4.98 Å². The summed E-state index contributed by atoms with van der Waals surface area (Å²) >= 11 is 9.34. The Morgan fingerprint density at radius 2 is 2.19 bits per heavy atom. The zero-order chi connectivity index (χ0) is 11.9. The number of hydrogen-bond donors (Lipinski definition) is 0. The lowest BCUT2D eigenvalue weighted by atomic mass is 10.1. The minimum atomic E-state index is -0.536. The zero-order valence-electron chi connectivity index (χ0n) is 8.20. The van der Waals surface area contributed by atoms with Crippen molar-refractivity contribution in [1.29, 1.82) is 0 Å². The van der Waals surface area contributed by atoms with Crippen molar-refractivity contribution >= 4 is 44.1 Å². The molecule has 4 nitrogen and oxygen atoms in total. The van der Waals surface area contributed by atoms with Gasteiger partial charge in [-0.3, -0.25) is 10.1 Å². The van der Waals surface area contributed by atoms with Gasteiger partial charge in [0.15, 0.2) is 0 Å². The van der Waals surface area contributed by atoms with E-state index < -0.39 is 4.92 Å². The maximum atomic E-state index is 10.7. The molecule has 0 aliphatic heterocycles. The predicted molar refractivity (Wildman–Crippen MR) is 65.8 cm³/mol. The summed E-state index contributed by atoms with van der Waals surface area (Å²) in [6, 6.07) is 3.52. The van der Waals surface area contributed by atoms with Gasteiger partial charge < -0.3 is 0 Å². The van der Waals surface area contributed by atoms with E-state index >= 15 is 0 Å². The van der Waals surface area contributed by atoms with E-state index in [1.54, 1.807) is 12.1 Å². The van der Waals surface area contributed by atoms with Crippen molar-refractivity contribution < 1.29 is 4.92 Å². The van der Waals surface area contributed by atoms with Crippen LogP contribution in [-0.2, 0) is 0 Å². The maximum Gasteiger partial charge on any atom is 0.306 e. The molecule has 0 aliphatic carbocycles. The Labute approximate surface area is 105 Å². The third-order valence-electron chi connectivity index (χ3n) is 2.34. The number of rotatable bonds is 1. The molecule has 0 spiro atoms. The highest BCUT2D eigenvalue weighted by Gasteiger charge is 2.17. The number of nitro groups is 1. The van der Waals surface area contributed by atoms with Gasteiger partial charge in [-0.2, -0.15) is 0 Å². The molecule has 0 aliphatic rings. The van der Waals surface area contributed by atoms with Crippen LogP contribution in [0.1, 0.15) is 5.56 Å². The van der Waals surface area contributed by atoms with Crippen LogP contribution in [0, 0.1) is 17.0 Å². The van der Waals surface area contributed by atoms with E-state index in [2.05, 4.69) is 20.9 Å². The van der Waals surface area contributed by atoms with E-state index in [4.69, 9.17) is 11.6 Å². The average molecular weight is 302 g/mol. The van der Waals surface area contributed by atoms with Gasteiger partial charge in [0.1, 0.15) is 11.2 Å². The molecule has 0 saturated heterocycles. The summed E-state index contributed by atoms with van der Waals surface area (Å²) in [6.45, 7) is 1.88. The van der Waals surface area contributed by atoms with Crippen molar-refractivity contribution in [3.05, 3.63) is 43.5 Å². The molecule has 6 heteroatoms. The number of hydrogen-bond acceptors (Lipinski definition) is 3. The molecule has 1 aromatic heterocycles. The molecule has 16 heavy (non-hydrogen) atoms. The number of fused-ring (bicyclic) bond motifs is 1. The second kappa shape index (κ2) is 3.99. The number of benzene rings is 1. The van der Waals surface area contributed by atoms with Crippen LogP contribution in [0.2, 0.25) is 5.02 Å². The highest BCUT2D eigenvalue weighted by Crippen LogP contribution is 2.34. The molecule has 1 aromatic carbocycles. The van der Waals surface area contributed by atoms with Gasteiger partial charge in [-0.25, -0.2) is 4.98 Å². The summed E-state index contributed by atoms with van der Waals surface area (Å²) in [5, 5.41) is 11.4. The van der Waals surface area contributed by atoms with Gasteiger partial charge in [-0.1, -0.05) is 27.5 Å². The smallest absolute Gasteiger partial charge is 0.258 e. The van der Waals surface area contributed by atoms with E-state index in [9.17, 15) is 10.1 Å². The van der Waals surface area contributed by atoms with Gasteiger partial charge in [0.2, 0.25) is 0 Å². The molecule has 0 bridgehead atoms. The van der Waals surface area contributed by atoms with Crippen molar-refractivity contribution in [3.63, 3.8) is 0 Å². The number of pyridine rings is 1. The Balaban J connectivity index is 2.87. The average Bonchev–Trinajstić information content (AvgIpc) is 2.23. The Bertz CT molecular complexity index is 601. The molecule has 0 atom stereocenters. The third kappa shape index (κ3) is 1.66. The number of nitrogens with zero attached hydrogens (tertiary/aromatic N) is 2. The van der Waals surface area contributed by atoms with Gasteiger partial charge in [-0.15, -0.1) is 0 Å². The van der Waals surface area contributed by atoms with Crippen molar-refractivity contribution in [2.24, 2.45) is 0 Å². The molecule has 1 heterocycles. The van der Waals surface area contributed by atoms with Crippen LogP contribution < -0.4 is 0 Å². The van der Waals surface area contributed by atoms with Crippen LogP contribution in [0.5, 0.6) is 0 Å². The minimum absolute atomic E-state index is 0.130. The molecule has 0 unspecified atom stereocenters. The fourth-order valence-electron chi connectivity index (χ4n) is 1.47. The lowest BCUT2D eigenvalue weighted by molar-refractivity contribution is -0.384. The van der Waals surface area contributed by atoms with Crippen LogP contribution in [-0.4, -0.2) is 9.91 Å². The van der Waals surface area contributed by atoms with E-state index in [1.165, 1.54) is 6.20 Å². The molecular weight excluding hydrogens is 295 g/mol. The molecule has 0 saturated carbocycles. The Morgan fingerprint density at radius 1 is 1.50 bits per heavy atom. The molecular formula is C10H6BrClN2O2. The maximum absolute atomic E-state index is 10.7. The number of aromatic nitrogens is 1. The highest BCUT2D eigenvalue weighted by molar-refractivity contribution is 9.10. The Morgan fingerprint density at radius 3 is 2.81 bits per heavy atom. The topological polar surface area (TPSA) is 56.0 Å². The normalized spacial score (nSPS) is 10.7. The predicted octanol–water partition coefficient (Wildman–Crippen LogP) is 3.87. The number of halogens is 2. The lowest BCUT2D eigenvalue weighted by Gasteiger charge is -2.05. The van der Waals surface area contributed by atoms with E-state index in [-0.39, 0.29) is 10.7 Å². The van der Waals surface area contributed by atoms with Gasteiger partial charge in [0.05, 0.1) is 10.4 Å². The molecule has 2 rings (SSSR count). The number of aryl methyl sites for hydroxylation is 1. The summed E-state index contributed by atoms with van der Waals surface area (Å²) in [5.74, 6) is 0. The quantitative estimate of drug-likeness (QED) is 0.593. The SMILES string of the molecule is Cc1c(Br)ccc2c(Cl)c([N+](=O)[O-])cnc12. The standard InChI is InChI=1S/C10H6BrClN2O2/c1-5-7(11)3-2-6-9(12)8(14(15)16)4-13-10(5)6/h2-4H,1H3. The minimum Gasteiger partial charge on any atom is -0.258 e. The first kappa shape index (κ1) is 11.3. The summed E-state index contributed by atoms with van der Waals surface area (Å²) in [6.07, 6.45) is 1.18. The molecule has 0 N–H and O–H groups in total. The first-order valence-electron chi connectivity index (χ1n) is 4.40.